The summed E-state index contributed by atoms with van der Waals surface area (Å²) in [4.78, 5) is 11.6. The summed E-state index contributed by atoms with van der Waals surface area (Å²) in [6.07, 6.45) is 2.86. The maximum atomic E-state index is 11.6. The number of amides is 1. The molecule has 0 spiro atoms. The van der Waals surface area contributed by atoms with E-state index in [0.29, 0.717) is 6.54 Å². The summed E-state index contributed by atoms with van der Waals surface area (Å²) in [5.41, 5.74) is 7.57. The molecule has 0 radical (unpaired) electrons. The Morgan fingerprint density at radius 1 is 1.39 bits per heavy atom. The Hall–Kier alpha value is -0.870. The second kappa shape index (κ2) is 9.11. The largest absolute Gasteiger partial charge is 0.399 e. The maximum Gasteiger partial charge on any atom is 0.223 e. The topological polar surface area (TPSA) is 55.1 Å². The highest BCUT2D eigenvalue weighted by molar-refractivity contribution is 7.98. The highest BCUT2D eigenvalue weighted by atomic mass is 35.5. The van der Waals surface area contributed by atoms with Crippen molar-refractivity contribution in [2.75, 3.05) is 24.3 Å². The van der Waals surface area contributed by atoms with Crippen LogP contribution in [0, 0.1) is 5.92 Å². The molecule has 0 bridgehead atoms. The van der Waals surface area contributed by atoms with E-state index in [2.05, 4.69) is 5.32 Å². The summed E-state index contributed by atoms with van der Waals surface area (Å²) >= 11 is 1.69. The molecule has 1 rings (SSSR count). The third kappa shape index (κ3) is 6.17. The third-order valence-corrected chi connectivity index (χ3v) is 3.39. The fourth-order valence-electron chi connectivity index (χ4n) is 1.51. The number of thioether (sulfide) groups is 1. The SMILES string of the molecule is CSCC(C)C(=O)NCCc1ccc(N)cc1.Cl. The zero-order chi connectivity index (χ0) is 12.7. The minimum atomic E-state index is 0. The number of hydrogen-bond acceptors (Lipinski definition) is 3. The lowest BCUT2D eigenvalue weighted by atomic mass is 10.1. The number of nitrogens with two attached hydrogens (primary N) is 1. The van der Waals surface area contributed by atoms with Crippen LogP contribution in [0.5, 0.6) is 0 Å². The van der Waals surface area contributed by atoms with Gasteiger partial charge in [0.25, 0.3) is 0 Å². The molecule has 0 aliphatic rings. The summed E-state index contributed by atoms with van der Waals surface area (Å²) in [5, 5.41) is 2.95. The van der Waals surface area contributed by atoms with Crippen LogP contribution in [0.1, 0.15) is 12.5 Å². The van der Waals surface area contributed by atoms with Gasteiger partial charge in [-0.15, -0.1) is 12.4 Å². The van der Waals surface area contributed by atoms with Crippen molar-refractivity contribution in [2.45, 2.75) is 13.3 Å². The normalized spacial score (nSPS) is 11.4. The summed E-state index contributed by atoms with van der Waals surface area (Å²) in [5.74, 6) is 1.08. The summed E-state index contributed by atoms with van der Waals surface area (Å²) in [7, 11) is 0. The minimum absolute atomic E-state index is 0. The van der Waals surface area contributed by atoms with E-state index >= 15 is 0 Å². The van der Waals surface area contributed by atoms with E-state index in [9.17, 15) is 4.79 Å². The van der Waals surface area contributed by atoms with E-state index in [-0.39, 0.29) is 24.2 Å². The van der Waals surface area contributed by atoms with Crippen molar-refractivity contribution in [3.8, 4) is 0 Å². The van der Waals surface area contributed by atoms with Gasteiger partial charge >= 0.3 is 0 Å². The van der Waals surface area contributed by atoms with Gasteiger partial charge in [-0.3, -0.25) is 4.79 Å². The molecule has 0 saturated heterocycles. The third-order valence-electron chi connectivity index (χ3n) is 2.56. The Morgan fingerprint density at radius 3 is 2.56 bits per heavy atom. The molecule has 1 aromatic carbocycles. The van der Waals surface area contributed by atoms with Gasteiger partial charge in [0, 0.05) is 23.9 Å². The predicted molar refractivity (Wildman–Crippen MR) is 82.4 cm³/mol. The fraction of sp³-hybridized carbons (Fsp3) is 0.462. The van der Waals surface area contributed by atoms with Crippen LogP contribution in [0.15, 0.2) is 24.3 Å². The Morgan fingerprint density at radius 2 is 2.00 bits per heavy atom. The molecule has 0 saturated carbocycles. The van der Waals surface area contributed by atoms with Crippen LogP contribution in [-0.4, -0.2) is 24.5 Å². The first-order valence-electron chi connectivity index (χ1n) is 5.74. The fourth-order valence-corrected chi connectivity index (χ4v) is 2.17. The molecule has 5 heteroatoms. The highest BCUT2D eigenvalue weighted by Crippen LogP contribution is 2.06. The number of carbonyl (C=O) groups is 1. The quantitative estimate of drug-likeness (QED) is 0.790. The Balaban J connectivity index is 0.00000289. The molecule has 3 N–H and O–H groups in total. The van der Waals surface area contributed by atoms with Crippen molar-refractivity contribution < 1.29 is 4.79 Å². The van der Waals surface area contributed by atoms with Gasteiger partial charge in [-0.05, 0) is 30.4 Å². The van der Waals surface area contributed by atoms with Crippen molar-refractivity contribution in [2.24, 2.45) is 5.92 Å². The molecule has 18 heavy (non-hydrogen) atoms. The molecule has 1 unspecified atom stereocenters. The Bertz CT molecular complexity index is 357. The molecular weight excluding hydrogens is 268 g/mol. The van der Waals surface area contributed by atoms with E-state index in [1.54, 1.807) is 11.8 Å². The van der Waals surface area contributed by atoms with Crippen LogP contribution in [-0.2, 0) is 11.2 Å². The van der Waals surface area contributed by atoms with Crippen LogP contribution in [0.4, 0.5) is 5.69 Å². The van der Waals surface area contributed by atoms with Gasteiger partial charge in [-0.2, -0.15) is 11.8 Å². The van der Waals surface area contributed by atoms with Gasteiger partial charge in [-0.1, -0.05) is 19.1 Å². The Kier molecular flexibility index (Phi) is 8.67. The molecule has 102 valence electrons. The van der Waals surface area contributed by atoms with E-state index < -0.39 is 0 Å². The van der Waals surface area contributed by atoms with Crippen molar-refractivity contribution in [3.05, 3.63) is 29.8 Å². The maximum absolute atomic E-state index is 11.6. The van der Waals surface area contributed by atoms with Crippen LogP contribution < -0.4 is 11.1 Å². The number of hydrogen-bond donors (Lipinski definition) is 2. The van der Waals surface area contributed by atoms with Crippen molar-refractivity contribution in [1.82, 2.24) is 5.32 Å². The van der Waals surface area contributed by atoms with Gasteiger partial charge in [0.15, 0.2) is 0 Å². The van der Waals surface area contributed by atoms with Crippen molar-refractivity contribution in [1.29, 1.82) is 0 Å². The molecule has 1 amide bonds. The van der Waals surface area contributed by atoms with Crippen LogP contribution in [0.3, 0.4) is 0 Å². The van der Waals surface area contributed by atoms with Gasteiger partial charge in [0.1, 0.15) is 0 Å². The van der Waals surface area contributed by atoms with Gasteiger partial charge in [0.2, 0.25) is 5.91 Å². The average molecular weight is 289 g/mol. The van der Waals surface area contributed by atoms with Crippen LogP contribution in [0.25, 0.3) is 0 Å². The van der Waals surface area contributed by atoms with E-state index in [0.717, 1.165) is 17.9 Å². The lowest BCUT2D eigenvalue weighted by Gasteiger charge is -2.10. The zero-order valence-corrected chi connectivity index (χ0v) is 12.4. The second-order valence-electron chi connectivity index (χ2n) is 4.14. The van der Waals surface area contributed by atoms with E-state index in [1.807, 2.05) is 37.4 Å². The van der Waals surface area contributed by atoms with Crippen molar-refractivity contribution in [3.63, 3.8) is 0 Å². The monoisotopic (exact) mass is 288 g/mol. The van der Waals surface area contributed by atoms with Gasteiger partial charge < -0.3 is 11.1 Å². The summed E-state index contributed by atoms with van der Waals surface area (Å²) in [6, 6.07) is 7.75. The molecule has 1 aromatic rings. The number of benzene rings is 1. The lowest BCUT2D eigenvalue weighted by Crippen LogP contribution is -2.31. The number of rotatable bonds is 6. The lowest BCUT2D eigenvalue weighted by molar-refractivity contribution is -0.123. The zero-order valence-electron chi connectivity index (χ0n) is 10.8. The Labute approximate surface area is 119 Å². The molecule has 0 heterocycles. The number of nitrogens with one attached hydrogen (secondary N) is 1. The van der Waals surface area contributed by atoms with Crippen LogP contribution >= 0.6 is 24.2 Å². The van der Waals surface area contributed by atoms with E-state index in [1.165, 1.54) is 5.56 Å². The first kappa shape index (κ1) is 17.1. The molecule has 0 aromatic heterocycles. The standard InChI is InChI=1S/C13H20N2OS.ClH/c1-10(9-17-2)13(16)15-8-7-11-3-5-12(14)6-4-11;/h3-6,10H,7-9,14H2,1-2H3,(H,15,16);1H. The molecule has 0 aliphatic heterocycles. The number of carbonyl (C=O) groups excluding carboxylic acids is 1. The molecule has 0 aliphatic carbocycles. The number of halogens is 1. The highest BCUT2D eigenvalue weighted by Gasteiger charge is 2.10. The first-order valence-corrected chi connectivity index (χ1v) is 7.14. The smallest absolute Gasteiger partial charge is 0.223 e. The molecule has 0 fully saturated rings. The average Bonchev–Trinajstić information content (AvgIpc) is 2.32. The van der Waals surface area contributed by atoms with Crippen molar-refractivity contribution >= 4 is 35.8 Å². The predicted octanol–water partition coefficient (Wildman–Crippen LogP) is 2.35. The summed E-state index contributed by atoms with van der Waals surface area (Å²) in [6.45, 7) is 2.64. The number of anilines is 1. The number of nitrogen functional groups attached to an aromatic ring is 1. The van der Waals surface area contributed by atoms with Gasteiger partial charge in [-0.25, -0.2) is 0 Å². The summed E-state index contributed by atoms with van der Waals surface area (Å²) < 4.78 is 0. The molecular formula is C13H21ClN2OS. The first-order chi connectivity index (χ1) is 8.13. The minimum Gasteiger partial charge on any atom is -0.399 e. The second-order valence-corrected chi connectivity index (χ2v) is 5.05. The molecule has 3 nitrogen and oxygen atoms in total. The van der Waals surface area contributed by atoms with Gasteiger partial charge in [0.05, 0.1) is 0 Å². The van der Waals surface area contributed by atoms with Crippen LogP contribution in [0.2, 0.25) is 0 Å². The van der Waals surface area contributed by atoms with E-state index in [4.69, 9.17) is 5.73 Å². The molecule has 1 atom stereocenters.